The van der Waals surface area contributed by atoms with Gasteiger partial charge in [-0.3, -0.25) is 4.90 Å². The Hall–Kier alpha value is -2.48. The first-order chi connectivity index (χ1) is 14.5. The number of nitrogens with zero attached hydrogens (tertiary/aromatic N) is 4. The lowest BCUT2D eigenvalue weighted by Gasteiger charge is -2.47. The fourth-order valence-electron chi connectivity index (χ4n) is 5.23. The Morgan fingerprint density at radius 2 is 2.00 bits per heavy atom. The van der Waals surface area contributed by atoms with E-state index < -0.39 is 17.5 Å². The fourth-order valence-corrected chi connectivity index (χ4v) is 5.56. The number of ether oxygens (including phenoxy) is 1. The summed E-state index contributed by atoms with van der Waals surface area (Å²) in [6.07, 6.45) is 0.720. The Labute approximate surface area is 183 Å². The van der Waals surface area contributed by atoms with E-state index in [4.69, 9.17) is 16.3 Å². The van der Waals surface area contributed by atoms with Gasteiger partial charge in [0.2, 0.25) is 0 Å². The normalized spacial score (nSPS) is 25.0. The summed E-state index contributed by atoms with van der Waals surface area (Å²) in [5.41, 5.74) is 0.519. The molecule has 0 saturated carbocycles. The van der Waals surface area contributed by atoms with E-state index >= 15 is 0 Å². The largest absolute Gasteiger partial charge is 0.444 e. The molecule has 3 atom stereocenters. The number of carbonyl (C=O) groups is 1. The molecule has 9 heteroatoms. The number of anilines is 1. The van der Waals surface area contributed by atoms with Crippen molar-refractivity contribution in [1.29, 1.82) is 0 Å². The first-order valence-electron chi connectivity index (χ1n) is 10.4. The zero-order chi connectivity index (χ0) is 22.2. The summed E-state index contributed by atoms with van der Waals surface area (Å²) in [7, 11) is 0. The lowest BCUT2D eigenvalue weighted by molar-refractivity contribution is 0.00777. The Morgan fingerprint density at radius 3 is 2.71 bits per heavy atom. The van der Waals surface area contributed by atoms with Crippen molar-refractivity contribution >= 4 is 40.0 Å². The maximum absolute atomic E-state index is 14.7. The van der Waals surface area contributed by atoms with Crippen LogP contribution >= 0.6 is 11.6 Å². The second-order valence-electron chi connectivity index (χ2n) is 9.47. The predicted octanol–water partition coefficient (Wildman–Crippen LogP) is 4.94. The van der Waals surface area contributed by atoms with Crippen LogP contribution in [0.5, 0.6) is 0 Å². The number of hydrogen-bond acceptors (Lipinski definition) is 5. The maximum Gasteiger partial charge on any atom is 0.410 e. The average Bonchev–Trinajstić information content (AvgIpc) is 2.92. The van der Waals surface area contributed by atoms with E-state index in [9.17, 15) is 13.6 Å². The van der Waals surface area contributed by atoms with Crippen molar-refractivity contribution in [2.45, 2.75) is 63.8 Å². The fraction of sp³-hybridized carbons (Fsp3) is 0.500. The van der Waals surface area contributed by atoms with Crippen LogP contribution in [0.3, 0.4) is 0 Å². The average molecular weight is 449 g/mol. The molecule has 2 fully saturated rings. The Balaban J connectivity index is 1.64. The van der Waals surface area contributed by atoms with Crippen LogP contribution in [0.2, 0.25) is 5.02 Å². The summed E-state index contributed by atoms with van der Waals surface area (Å²) in [5.74, 6) is -0.392. The molecule has 0 N–H and O–H groups in total. The summed E-state index contributed by atoms with van der Waals surface area (Å²) in [6.45, 7) is 10.1. The second kappa shape index (κ2) is 6.76. The number of benzene rings is 1. The number of aromatic nitrogens is 2. The van der Waals surface area contributed by atoms with Gasteiger partial charge in [0, 0.05) is 12.1 Å². The summed E-state index contributed by atoms with van der Waals surface area (Å²) < 4.78 is 34.7. The van der Waals surface area contributed by atoms with Crippen molar-refractivity contribution in [3.63, 3.8) is 0 Å². The number of carbonyl (C=O) groups excluding carboxylic acids is 1. The maximum atomic E-state index is 14.7. The van der Waals surface area contributed by atoms with E-state index in [1.165, 1.54) is 0 Å². The summed E-state index contributed by atoms with van der Waals surface area (Å²) in [5, 5.41) is 0.574. The van der Waals surface area contributed by atoms with Gasteiger partial charge in [-0.25, -0.2) is 9.18 Å². The lowest BCUT2D eigenvalue weighted by Crippen LogP contribution is -2.62. The van der Waals surface area contributed by atoms with E-state index in [1.807, 2.05) is 30.6 Å². The molecule has 0 radical (unpaired) electrons. The van der Waals surface area contributed by atoms with Crippen molar-refractivity contribution in [1.82, 2.24) is 14.9 Å². The van der Waals surface area contributed by atoms with Crippen LogP contribution in [0.25, 0.3) is 16.5 Å². The highest BCUT2D eigenvalue weighted by atomic mass is 35.5. The number of fused-ring (bicyclic) bond motifs is 5. The Bertz CT molecular complexity index is 1130. The minimum Gasteiger partial charge on any atom is -0.444 e. The number of piperazine rings is 1. The van der Waals surface area contributed by atoms with Crippen LogP contribution in [0.4, 0.5) is 19.4 Å². The molecule has 0 spiro atoms. The Kier molecular flexibility index (Phi) is 4.45. The third-order valence-electron chi connectivity index (χ3n) is 6.31. The van der Waals surface area contributed by atoms with Gasteiger partial charge >= 0.3 is 12.2 Å². The number of halogens is 3. The van der Waals surface area contributed by atoms with Gasteiger partial charge in [0.15, 0.2) is 5.82 Å². The van der Waals surface area contributed by atoms with E-state index in [0.29, 0.717) is 35.3 Å². The zero-order valence-corrected chi connectivity index (χ0v) is 18.3. The van der Waals surface area contributed by atoms with Gasteiger partial charge in [-0.05, 0) is 51.7 Å². The molecule has 1 aromatic heterocycles. The molecule has 164 valence electrons. The van der Waals surface area contributed by atoms with Gasteiger partial charge in [0.1, 0.15) is 16.9 Å². The molecule has 0 aliphatic carbocycles. The molecule has 6 nitrogen and oxygen atoms in total. The third kappa shape index (κ3) is 3.14. The lowest BCUT2D eigenvalue weighted by atomic mass is 9.94. The van der Waals surface area contributed by atoms with Crippen molar-refractivity contribution in [2.75, 3.05) is 11.4 Å². The highest BCUT2D eigenvalue weighted by Crippen LogP contribution is 2.47. The topological polar surface area (TPSA) is 58.6 Å². The van der Waals surface area contributed by atoms with Gasteiger partial charge in [-0.1, -0.05) is 18.2 Å². The van der Waals surface area contributed by atoms with Crippen LogP contribution in [-0.4, -0.2) is 51.2 Å². The molecule has 2 saturated heterocycles. The molecule has 1 amide bonds. The van der Waals surface area contributed by atoms with Crippen LogP contribution in [0.15, 0.2) is 12.6 Å². The molecular weight excluding hydrogens is 426 g/mol. The standard InChI is InChI=1S/C22H23ClF2N4O2/c1-10-7-15-14-6-5-11(29(14)21(30)31-22(2,3)4)9-28(15)19-17-16(10)12(23)8-13(24)18(17)26-20(25)27-19/h8,11,14-15H,1,5-7,9H2,2-4H3/t11-,14?,15-/m1/s1. The smallest absolute Gasteiger partial charge is 0.410 e. The van der Waals surface area contributed by atoms with Gasteiger partial charge in [0.25, 0.3) is 0 Å². The van der Waals surface area contributed by atoms with Gasteiger partial charge in [-0.15, -0.1) is 0 Å². The van der Waals surface area contributed by atoms with E-state index in [1.54, 1.807) is 0 Å². The van der Waals surface area contributed by atoms with Crippen molar-refractivity contribution in [2.24, 2.45) is 0 Å². The van der Waals surface area contributed by atoms with Crippen LogP contribution in [0.1, 0.15) is 45.6 Å². The molecule has 1 unspecified atom stereocenters. The molecule has 1 aromatic carbocycles. The first kappa shape index (κ1) is 20.4. The van der Waals surface area contributed by atoms with Crippen molar-refractivity contribution < 1.29 is 18.3 Å². The molecule has 5 rings (SSSR count). The number of rotatable bonds is 0. The third-order valence-corrected chi connectivity index (χ3v) is 6.61. The first-order valence-corrected chi connectivity index (χ1v) is 10.7. The molecule has 2 bridgehead atoms. The number of amides is 1. The van der Waals surface area contributed by atoms with E-state index in [0.717, 1.165) is 18.9 Å². The van der Waals surface area contributed by atoms with Gasteiger partial charge in [-0.2, -0.15) is 14.4 Å². The van der Waals surface area contributed by atoms with Crippen LogP contribution < -0.4 is 4.90 Å². The zero-order valence-electron chi connectivity index (χ0n) is 17.6. The summed E-state index contributed by atoms with van der Waals surface area (Å²) in [6, 6.07) is 0.673. The van der Waals surface area contributed by atoms with Gasteiger partial charge in [0.05, 0.1) is 28.5 Å². The highest BCUT2D eigenvalue weighted by Gasteiger charge is 2.51. The molecule has 3 aliphatic rings. The number of hydrogen-bond donors (Lipinski definition) is 0. The Morgan fingerprint density at radius 1 is 1.26 bits per heavy atom. The van der Waals surface area contributed by atoms with Crippen molar-refractivity contribution in [3.05, 3.63) is 35.1 Å². The molecule has 3 aliphatic heterocycles. The highest BCUT2D eigenvalue weighted by molar-refractivity contribution is 6.34. The molecule has 4 heterocycles. The van der Waals surface area contributed by atoms with E-state index in [-0.39, 0.29) is 34.8 Å². The summed E-state index contributed by atoms with van der Waals surface area (Å²) >= 11 is 6.40. The SMILES string of the molecule is C=C1C[C@@H]2C3CC[C@H](CN2c2nc(F)nc4c(F)cc(Cl)c1c24)N3C(=O)OC(C)(C)C. The molecule has 2 aromatic rings. The monoisotopic (exact) mass is 448 g/mol. The van der Waals surface area contributed by atoms with Crippen molar-refractivity contribution in [3.8, 4) is 0 Å². The van der Waals surface area contributed by atoms with Gasteiger partial charge < -0.3 is 9.64 Å². The minimum atomic E-state index is -0.997. The minimum absolute atomic E-state index is 0.106. The van der Waals surface area contributed by atoms with E-state index in [2.05, 4.69) is 16.5 Å². The quantitative estimate of drug-likeness (QED) is 0.534. The summed E-state index contributed by atoms with van der Waals surface area (Å²) in [4.78, 5) is 24.5. The second-order valence-corrected chi connectivity index (χ2v) is 9.88. The predicted molar refractivity (Wildman–Crippen MR) is 114 cm³/mol. The van der Waals surface area contributed by atoms with Crippen LogP contribution in [-0.2, 0) is 4.74 Å². The molecule has 31 heavy (non-hydrogen) atoms. The van der Waals surface area contributed by atoms with Crippen LogP contribution in [0, 0.1) is 11.9 Å². The molecular formula is C22H23ClF2N4O2.